The molecule has 16 heavy (non-hydrogen) atoms. The predicted molar refractivity (Wildman–Crippen MR) is 58.4 cm³/mol. The number of hydrogen-bond donors (Lipinski definition) is 3. The summed E-state index contributed by atoms with van der Waals surface area (Å²) in [5.74, 6) is -0.958. The Hall–Kier alpha value is -0.690. The van der Waals surface area contributed by atoms with Crippen molar-refractivity contribution in [3.63, 3.8) is 0 Å². The molecule has 0 amide bonds. The highest BCUT2D eigenvalue weighted by atomic mass is 16.5. The molecule has 0 saturated carbocycles. The van der Waals surface area contributed by atoms with E-state index in [1.807, 2.05) is 0 Å². The van der Waals surface area contributed by atoms with Crippen LogP contribution in [0.3, 0.4) is 0 Å². The van der Waals surface area contributed by atoms with Crippen molar-refractivity contribution >= 4 is 5.97 Å². The number of nitrogens with one attached hydrogen (secondary N) is 1. The van der Waals surface area contributed by atoms with E-state index in [-0.39, 0.29) is 13.2 Å². The Morgan fingerprint density at radius 1 is 1.44 bits per heavy atom. The van der Waals surface area contributed by atoms with E-state index in [1.165, 1.54) is 13.8 Å². The van der Waals surface area contributed by atoms with Crippen LogP contribution in [0.4, 0.5) is 0 Å². The second-order valence-corrected chi connectivity index (χ2v) is 4.03. The van der Waals surface area contributed by atoms with E-state index in [1.54, 1.807) is 7.11 Å². The van der Waals surface area contributed by atoms with Gasteiger partial charge in [0, 0.05) is 13.7 Å². The lowest BCUT2D eigenvalue weighted by Gasteiger charge is -2.23. The molecule has 0 aliphatic carbocycles. The van der Waals surface area contributed by atoms with Crippen molar-refractivity contribution in [2.75, 3.05) is 33.5 Å². The van der Waals surface area contributed by atoms with Crippen molar-refractivity contribution in [1.29, 1.82) is 0 Å². The number of aliphatic hydroxyl groups is 1. The lowest BCUT2D eigenvalue weighted by molar-refractivity contribution is -0.143. The summed E-state index contributed by atoms with van der Waals surface area (Å²) in [5.41, 5.74) is -1.05. The largest absolute Gasteiger partial charge is 0.480 e. The molecule has 3 N–H and O–H groups in total. The first-order valence-corrected chi connectivity index (χ1v) is 5.13. The van der Waals surface area contributed by atoms with Crippen LogP contribution in [0.25, 0.3) is 0 Å². The number of hydrogen-bond acceptors (Lipinski definition) is 5. The Kier molecular flexibility index (Phi) is 7.24. The molecule has 6 nitrogen and oxygen atoms in total. The fourth-order valence-electron chi connectivity index (χ4n) is 0.869. The minimum atomic E-state index is -1.05. The van der Waals surface area contributed by atoms with Crippen LogP contribution in [0.2, 0.25) is 0 Å². The maximum atomic E-state index is 10.7. The summed E-state index contributed by atoms with van der Waals surface area (Å²) in [4.78, 5) is 10.7. The van der Waals surface area contributed by atoms with Gasteiger partial charge in [-0.05, 0) is 13.8 Å². The molecule has 0 heterocycles. The summed E-state index contributed by atoms with van der Waals surface area (Å²) in [6.07, 6.45) is -0.726. The van der Waals surface area contributed by atoms with Gasteiger partial charge in [0.15, 0.2) is 0 Å². The predicted octanol–water partition coefficient (Wildman–Crippen LogP) is -0.537. The SMILES string of the molecule is COCCOCC(O)CNC(C)(C)C(=O)O. The van der Waals surface area contributed by atoms with Crippen LogP contribution in [-0.4, -0.2) is 61.3 Å². The van der Waals surface area contributed by atoms with Gasteiger partial charge in [0.25, 0.3) is 0 Å². The first kappa shape index (κ1) is 15.3. The van der Waals surface area contributed by atoms with Gasteiger partial charge in [-0.3, -0.25) is 10.1 Å². The Balaban J connectivity index is 3.64. The van der Waals surface area contributed by atoms with Crippen molar-refractivity contribution < 1.29 is 24.5 Å². The van der Waals surface area contributed by atoms with E-state index in [4.69, 9.17) is 14.6 Å². The van der Waals surface area contributed by atoms with Crippen LogP contribution in [-0.2, 0) is 14.3 Å². The van der Waals surface area contributed by atoms with E-state index in [2.05, 4.69) is 5.32 Å². The average molecular weight is 235 g/mol. The van der Waals surface area contributed by atoms with Gasteiger partial charge < -0.3 is 19.7 Å². The topological polar surface area (TPSA) is 88.0 Å². The first-order valence-electron chi connectivity index (χ1n) is 5.13. The molecular formula is C10H21NO5. The van der Waals surface area contributed by atoms with Gasteiger partial charge in [0.05, 0.1) is 25.9 Å². The van der Waals surface area contributed by atoms with E-state index in [9.17, 15) is 9.90 Å². The molecule has 1 atom stereocenters. The van der Waals surface area contributed by atoms with Crippen LogP contribution in [0.15, 0.2) is 0 Å². The molecule has 0 aromatic heterocycles. The maximum Gasteiger partial charge on any atom is 0.323 e. The quantitative estimate of drug-likeness (QED) is 0.465. The van der Waals surface area contributed by atoms with Crippen molar-refractivity contribution in [2.45, 2.75) is 25.5 Å². The molecular weight excluding hydrogens is 214 g/mol. The Labute approximate surface area is 95.6 Å². The minimum Gasteiger partial charge on any atom is -0.480 e. The first-order chi connectivity index (χ1) is 7.40. The molecule has 0 rings (SSSR count). The van der Waals surface area contributed by atoms with Crippen LogP contribution < -0.4 is 5.32 Å². The number of carboxylic acid groups (broad SMARTS) is 1. The molecule has 0 bridgehead atoms. The minimum absolute atomic E-state index is 0.159. The number of carbonyl (C=O) groups is 1. The summed E-state index contributed by atoms with van der Waals surface area (Å²) in [6.45, 7) is 4.29. The van der Waals surface area contributed by atoms with E-state index < -0.39 is 17.6 Å². The molecule has 0 saturated heterocycles. The van der Waals surface area contributed by atoms with Gasteiger partial charge in [-0.25, -0.2) is 0 Å². The summed E-state index contributed by atoms with van der Waals surface area (Å²) in [7, 11) is 1.57. The number of rotatable bonds is 9. The van der Waals surface area contributed by atoms with Gasteiger partial charge in [0.1, 0.15) is 5.54 Å². The molecule has 96 valence electrons. The fraction of sp³-hybridized carbons (Fsp3) is 0.900. The Morgan fingerprint density at radius 3 is 2.56 bits per heavy atom. The van der Waals surface area contributed by atoms with Crippen molar-refractivity contribution in [1.82, 2.24) is 5.32 Å². The second kappa shape index (κ2) is 7.56. The average Bonchev–Trinajstić information content (AvgIpc) is 2.21. The highest BCUT2D eigenvalue weighted by Gasteiger charge is 2.26. The Bertz CT molecular complexity index is 207. The summed E-state index contributed by atoms with van der Waals surface area (Å²) in [6, 6.07) is 0. The van der Waals surface area contributed by atoms with Crippen LogP contribution >= 0.6 is 0 Å². The normalized spacial score (nSPS) is 13.8. The molecule has 0 aliphatic rings. The van der Waals surface area contributed by atoms with Gasteiger partial charge in [-0.15, -0.1) is 0 Å². The lowest BCUT2D eigenvalue weighted by atomic mass is 10.1. The van der Waals surface area contributed by atoms with Crippen molar-refractivity contribution in [3.05, 3.63) is 0 Å². The van der Waals surface area contributed by atoms with E-state index >= 15 is 0 Å². The number of ether oxygens (including phenoxy) is 2. The highest BCUT2D eigenvalue weighted by molar-refractivity contribution is 5.77. The van der Waals surface area contributed by atoms with Gasteiger partial charge in [-0.1, -0.05) is 0 Å². The molecule has 1 unspecified atom stereocenters. The second-order valence-electron chi connectivity index (χ2n) is 4.03. The summed E-state index contributed by atoms with van der Waals surface area (Å²) in [5, 5.41) is 21.0. The monoisotopic (exact) mass is 235 g/mol. The number of aliphatic hydroxyl groups excluding tert-OH is 1. The third-order valence-corrected chi connectivity index (χ3v) is 2.06. The standard InChI is InChI=1S/C10H21NO5/c1-10(2,9(13)14)11-6-8(12)7-16-5-4-15-3/h8,11-12H,4-7H2,1-3H3,(H,13,14). The zero-order valence-corrected chi connectivity index (χ0v) is 10.0. The van der Waals surface area contributed by atoms with Crippen LogP contribution in [0, 0.1) is 0 Å². The van der Waals surface area contributed by atoms with Gasteiger partial charge in [0.2, 0.25) is 0 Å². The smallest absolute Gasteiger partial charge is 0.323 e. The number of β-amino-alcohol motifs (C(OH)–C–C–N with tert-alkyl or cyclic N) is 1. The highest BCUT2D eigenvalue weighted by Crippen LogP contribution is 2.01. The third kappa shape index (κ3) is 6.73. The summed E-state index contributed by atoms with van der Waals surface area (Å²) >= 11 is 0. The molecule has 0 spiro atoms. The zero-order chi connectivity index (χ0) is 12.6. The molecule has 0 radical (unpaired) electrons. The fourth-order valence-corrected chi connectivity index (χ4v) is 0.869. The van der Waals surface area contributed by atoms with Crippen molar-refractivity contribution in [3.8, 4) is 0 Å². The lowest BCUT2D eigenvalue weighted by Crippen LogP contribution is -2.50. The zero-order valence-electron chi connectivity index (χ0n) is 10.0. The molecule has 0 aromatic rings. The van der Waals surface area contributed by atoms with E-state index in [0.717, 1.165) is 0 Å². The molecule has 6 heteroatoms. The van der Waals surface area contributed by atoms with Gasteiger partial charge >= 0.3 is 5.97 Å². The van der Waals surface area contributed by atoms with Gasteiger partial charge in [-0.2, -0.15) is 0 Å². The van der Waals surface area contributed by atoms with Crippen LogP contribution in [0.1, 0.15) is 13.8 Å². The number of methoxy groups -OCH3 is 1. The summed E-state index contributed by atoms with van der Waals surface area (Å²) < 4.78 is 9.87. The van der Waals surface area contributed by atoms with E-state index in [0.29, 0.717) is 13.2 Å². The molecule has 0 aromatic carbocycles. The number of aliphatic carboxylic acids is 1. The van der Waals surface area contributed by atoms with Crippen molar-refractivity contribution in [2.24, 2.45) is 0 Å². The van der Waals surface area contributed by atoms with Crippen LogP contribution in [0.5, 0.6) is 0 Å². The maximum absolute atomic E-state index is 10.7. The number of carboxylic acids is 1. The molecule has 0 aliphatic heterocycles. The Morgan fingerprint density at radius 2 is 2.06 bits per heavy atom. The third-order valence-electron chi connectivity index (χ3n) is 2.06. The molecule has 0 fully saturated rings.